The molecule has 12 heteroatoms. The molecule has 0 radical (unpaired) electrons. The van der Waals surface area contributed by atoms with Gasteiger partial charge in [0.05, 0.1) is 0 Å². The maximum atomic E-state index is 12.7. The van der Waals surface area contributed by atoms with Crippen LogP contribution < -0.4 is 11.1 Å². The minimum absolute atomic E-state index is 0.0679. The molecule has 2 aliphatic rings. The molecule has 0 saturated carbocycles. The minimum atomic E-state index is -1.17. The van der Waals surface area contributed by atoms with E-state index < -0.39 is 29.2 Å². The first-order valence-electron chi connectivity index (χ1n) is 8.04. The summed E-state index contributed by atoms with van der Waals surface area (Å²) in [6.45, 7) is 2.21. The summed E-state index contributed by atoms with van der Waals surface area (Å²) >= 11 is 2.52. The highest BCUT2D eigenvalue weighted by Crippen LogP contribution is 2.37. The lowest BCUT2D eigenvalue weighted by Crippen LogP contribution is -2.70. The number of oxime groups is 1. The van der Waals surface area contributed by atoms with Gasteiger partial charge in [0.1, 0.15) is 29.4 Å². The number of fused-ring (bicyclic) bond motifs is 1. The lowest BCUT2D eigenvalue weighted by atomic mass is 10.0. The van der Waals surface area contributed by atoms with Crippen molar-refractivity contribution in [2.75, 3.05) is 18.1 Å². The quantitative estimate of drug-likeness (QED) is 0.250. The van der Waals surface area contributed by atoms with Crippen LogP contribution in [0.5, 0.6) is 0 Å². The Balaban J connectivity index is 1.75. The van der Waals surface area contributed by atoms with Crippen molar-refractivity contribution in [2.45, 2.75) is 24.8 Å². The number of hydrogen-bond acceptors (Lipinski definition) is 9. The number of nitrogen functional groups attached to an aromatic ring is 1. The van der Waals surface area contributed by atoms with E-state index in [-0.39, 0.29) is 22.2 Å². The topological polar surface area (TPSA) is 147 Å². The number of carboxylic acid groups (broad SMARTS) is 1. The highest BCUT2D eigenvalue weighted by molar-refractivity contribution is 8.00. The third-order valence-electron chi connectivity index (χ3n) is 3.78. The lowest BCUT2D eigenvalue weighted by molar-refractivity contribution is -0.150. The largest absolute Gasteiger partial charge is 0.477 e. The van der Waals surface area contributed by atoms with E-state index in [4.69, 9.17) is 10.6 Å². The van der Waals surface area contributed by atoms with E-state index in [1.54, 1.807) is 5.38 Å². The van der Waals surface area contributed by atoms with Crippen molar-refractivity contribution in [2.24, 2.45) is 5.16 Å². The van der Waals surface area contributed by atoms with Crippen LogP contribution in [0.4, 0.5) is 5.13 Å². The molecule has 0 aromatic carbocycles. The molecular formula is C15H17N5O5S2. The second-order valence-electron chi connectivity index (χ2n) is 5.62. The Labute approximate surface area is 162 Å². The number of β-lactam (4-membered cyclic amide) rings is 1. The Hall–Kier alpha value is -2.60. The zero-order valence-corrected chi connectivity index (χ0v) is 15.9. The van der Waals surface area contributed by atoms with Gasteiger partial charge in [0.2, 0.25) is 0 Å². The smallest absolute Gasteiger partial charge is 0.352 e. The number of thiazole rings is 1. The number of carboxylic acids is 1. The summed E-state index contributed by atoms with van der Waals surface area (Å²) < 4.78 is 0. The van der Waals surface area contributed by atoms with Crippen molar-refractivity contribution in [3.05, 3.63) is 22.8 Å². The number of nitrogens with zero attached hydrogens (tertiary/aromatic N) is 3. The molecule has 0 aliphatic carbocycles. The van der Waals surface area contributed by atoms with Gasteiger partial charge in [-0.3, -0.25) is 14.5 Å². The van der Waals surface area contributed by atoms with E-state index in [1.165, 1.54) is 22.7 Å². The molecule has 0 unspecified atom stereocenters. The number of amides is 2. The molecule has 1 fully saturated rings. The van der Waals surface area contributed by atoms with Crippen molar-refractivity contribution in [1.29, 1.82) is 0 Å². The van der Waals surface area contributed by atoms with Crippen LogP contribution in [0.25, 0.3) is 0 Å². The predicted octanol–water partition coefficient (Wildman–Crippen LogP) is 0.224. The zero-order chi connectivity index (χ0) is 19.6. The summed E-state index contributed by atoms with van der Waals surface area (Å²) in [5.41, 5.74) is 5.71. The van der Waals surface area contributed by atoms with Gasteiger partial charge in [0.25, 0.3) is 11.8 Å². The molecule has 10 nitrogen and oxygen atoms in total. The fraction of sp³-hybridized carbons (Fsp3) is 0.400. The highest BCUT2D eigenvalue weighted by Gasteiger charge is 2.53. The van der Waals surface area contributed by atoms with Gasteiger partial charge in [-0.05, 0) is 12.5 Å². The van der Waals surface area contributed by atoms with Crippen molar-refractivity contribution >= 4 is 51.7 Å². The maximum Gasteiger partial charge on any atom is 0.352 e. The zero-order valence-electron chi connectivity index (χ0n) is 14.2. The van der Waals surface area contributed by atoms with Gasteiger partial charge < -0.3 is 21.0 Å². The van der Waals surface area contributed by atoms with E-state index in [0.717, 1.165) is 11.3 Å². The van der Waals surface area contributed by atoms with Gasteiger partial charge in [0.15, 0.2) is 10.8 Å². The SMILES string of the molecule is CCCO/N=C(\C(=O)N[C@@H]1C(=O)N2C(C(=O)O)=CCS[C@@H]12)c1csc(N)n1. The number of anilines is 1. The van der Waals surface area contributed by atoms with Crippen molar-refractivity contribution in [3.63, 3.8) is 0 Å². The molecule has 0 spiro atoms. The third kappa shape index (κ3) is 3.76. The normalized spacial score (nSPS) is 21.8. The Bertz CT molecular complexity index is 836. The van der Waals surface area contributed by atoms with E-state index in [2.05, 4.69) is 15.5 Å². The summed E-state index contributed by atoms with van der Waals surface area (Å²) in [4.78, 5) is 46.6. The Kier molecular flexibility index (Phi) is 5.65. The molecular weight excluding hydrogens is 394 g/mol. The maximum absolute atomic E-state index is 12.7. The van der Waals surface area contributed by atoms with Crippen LogP contribution in [0.2, 0.25) is 0 Å². The van der Waals surface area contributed by atoms with E-state index in [1.807, 2.05) is 6.92 Å². The lowest BCUT2D eigenvalue weighted by Gasteiger charge is -2.48. The molecule has 3 rings (SSSR count). The number of aliphatic carboxylic acids is 1. The van der Waals surface area contributed by atoms with Gasteiger partial charge in [-0.2, -0.15) is 0 Å². The molecule has 1 aromatic heterocycles. The number of hydrogen-bond donors (Lipinski definition) is 3. The second kappa shape index (κ2) is 7.96. The van der Waals surface area contributed by atoms with Gasteiger partial charge in [-0.15, -0.1) is 23.1 Å². The standard InChI is InChI=1S/C15H17N5O5S2/c1-2-4-25-19-9(7-6-27-15(16)17-7)11(21)18-10-12(22)20-8(14(23)24)3-5-26-13(10)20/h3,6,10,13H,2,4-5H2,1H3,(H2,16,17)(H,18,21)(H,23,24)/b19-9-/t10-,13+/m1/s1. The van der Waals surface area contributed by atoms with Gasteiger partial charge in [0, 0.05) is 11.1 Å². The average Bonchev–Trinajstić information content (AvgIpc) is 3.08. The Morgan fingerprint density at radius 3 is 2.96 bits per heavy atom. The highest BCUT2D eigenvalue weighted by atomic mass is 32.2. The van der Waals surface area contributed by atoms with Crippen LogP contribution in [0.15, 0.2) is 22.3 Å². The minimum Gasteiger partial charge on any atom is -0.477 e. The van der Waals surface area contributed by atoms with Crippen molar-refractivity contribution < 1.29 is 24.3 Å². The molecule has 2 aliphatic heterocycles. The molecule has 0 bridgehead atoms. The van der Waals surface area contributed by atoms with Crippen molar-refractivity contribution in [1.82, 2.24) is 15.2 Å². The fourth-order valence-corrected chi connectivity index (χ4v) is 4.29. The molecule has 2 amide bonds. The molecule has 1 saturated heterocycles. The number of rotatable bonds is 7. The monoisotopic (exact) mass is 411 g/mol. The van der Waals surface area contributed by atoms with Crippen LogP contribution in [0.3, 0.4) is 0 Å². The van der Waals surface area contributed by atoms with Crippen LogP contribution >= 0.6 is 23.1 Å². The predicted molar refractivity (Wildman–Crippen MR) is 100 cm³/mol. The van der Waals surface area contributed by atoms with E-state index >= 15 is 0 Å². The first-order chi connectivity index (χ1) is 12.9. The first kappa shape index (κ1) is 19.2. The summed E-state index contributed by atoms with van der Waals surface area (Å²) in [6, 6.07) is -0.849. The molecule has 3 heterocycles. The van der Waals surface area contributed by atoms with Crippen LogP contribution in [0.1, 0.15) is 19.0 Å². The molecule has 27 heavy (non-hydrogen) atoms. The number of carbonyl (C=O) groups is 3. The van der Waals surface area contributed by atoms with Gasteiger partial charge in [-0.25, -0.2) is 9.78 Å². The number of nitrogens with one attached hydrogen (secondary N) is 1. The average molecular weight is 411 g/mol. The number of aromatic nitrogens is 1. The summed E-state index contributed by atoms with van der Waals surface area (Å²) in [5, 5.41) is 17.0. The third-order valence-corrected chi connectivity index (χ3v) is 5.64. The van der Waals surface area contributed by atoms with E-state index in [0.29, 0.717) is 18.8 Å². The summed E-state index contributed by atoms with van der Waals surface area (Å²) in [5.74, 6) is -1.86. The van der Waals surface area contributed by atoms with Crippen LogP contribution in [-0.2, 0) is 19.2 Å². The Morgan fingerprint density at radius 1 is 1.56 bits per heavy atom. The molecule has 1 aromatic rings. The number of nitrogens with two attached hydrogens (primary N) is 1. The number of thioether (sulfide) groups is 1. The molecule has 2 atom stereocenters. The van der Waals surface area contributed by atoms with Gasteiger partial charge >= 0.3 is 5.97 Å². The second-order valence-corrected chi connectivity index (χ2v) is 7.66. The molecule has 4 N–H and O–H groups in total. The van der Waals surface area contributed by atoms with Gasteiger partial charge in [-0.1, -0.05) is 12.1 Å². The van der Waals surface area contributed by atoms with Crippen molar-refractivity contribution in [3.8, 4) is 0 Å². The van der Waals surface area contributed by atoms with Crippen LogP contribution in [-0.4, -0.2) is 62.3 Å². The summed E-state index contributed by atoms with van der Waals surface area (Å²) in [6.07, 6.45) is 2.18. The first-order valence-corrected chi connectivity index (χ1v) is 9.97. The number of carbonyl (C=O) groups excluding carboxylic acids is 2. The summed E-state index contributed by atoms with van der Waals surface area (Å²) in [7, 11) is 0. The fourth-order valence-electron chi connectivity index (χ4n) is 2.55. The van der Waals surface area contributed by atoms with Crippen LogP contribution in [0, 0.1) is 0 Å². The van der Waals surface area contributed by atoms with E-state index in [9.17, 15) is 19.5 Å². The Morgan fingerprint density at radius 2 is 2.33 bits per heavy atom. The molecule has 144 valence electrons.